The van der Waals surface area contributed by atoms with Crippen molar-refractivity contribution in [1.82, 2.24) is 10.2 Å². The normalized spacial score (nSPS) is 25.2. The molecular formula is C13H18N2O4S. The summed E-state index contributed by atoms with van der Waals surface area (Å²) in [6.07, 6.45) is 3.74. The van der Waals surface area contributed by atoms with Crippen LogP contribution >= 0.6 is 11.8 Å². The number of aldehydes is 1. The maximum absolute atomic E-state index is 12.1. The number of rotatable bonds is 7. The number of nitrogens with zero attached hydrogens (tertiary/aromatic N) is 1. The monoisotopic (exact) mass is 298 g/mol. The number of fused-ring (bicyclic) bond motifs is 1. The predicted molar refractivity (Wildman–Crippen MR) is 75.1 cm³/mol. The number of carboxylic acids is 1. The lowest BCUT2D eigenvalue weighted by atomic mass is 10.0. The molecule has 0 bridgehead atoms. The molecule has 110 valence electrons. The summed E-state index contributed by atoms with van der Waals surface area (Å²) in [5, 5.41) is 12.1. The van der Waals surface area contributed by atoms with Crippen molar-refractivity contribution in [3.8, 4) is 0 Å². The number of aliphatic carboxylic acids is 1. The Bertz CT molecular complexity index is 463. The highest BCUT2D eigenvalue weighted by Gasteiger charge is 2.53. The molecule has 6 nitrogen and oxygen atoms in total. The summed E-state index contributed by atoms with van der Waals surface area (Å²) < 4.78 is 0. The van der Waals surface area contributed by atoms with Gasteiger partial charge in [-0.15, -0.1) is 11.8 Å². The molecule has 0 aliphatic carbocycles. The van der Waals surface area contributed by atoms with E-state index in [1.807, 2.05) is 0 Å². The zero-order chi connectivity index (χ0) is 14.7. The van der Waals surface area contributed by atoms with Gasteiger partial charge in [0, 0.05) is 11.3 Å². The molecule has 2 N–H and O–H groups in total. The number of β-lactam (4-membered cyclic amide) rings is 1. The van der Waals surface area contributed by atoms with Crippen LogP contribution in [0, 0.1) is 0 Å². The number of amides is 1. The van der Waals surface area contributed by atoms with E-state index in [9.17, 15) is 19.5 Å². The third-order valence-corrected chi connectivity index (χ3v) is 4.79. The van der Waals surface area contributed by atoms with E-state index in [0.717, 1.165) is 25.8 Å². The Hall–Kier alpha value is -1.34. The Morgan fingerprint density at radius 3 is 2.90 bits per heavy atom. The largest absolute Gasteiger partial charge is 0.477 e. The van der Waals surface area contributed by atoms with E-state index in [1.54, 1.807) is 0 Å². The molecule has 0 radical (unpaired) electrons. The van der Waals surface area contributed by atoms with Crippen LogP contribution in [0.2, 0.25) is 0 Å². The fraction of sp³-hybridized carbons (Fsp3) is 0.615. The highest BCUT2D eigenvalue weighted by atomic mass is 32.2. The lowest BCUT2D eigenvalue weighted by molar-refractivity contribution is -0.149. The van der Waals surface area contributed by atoms with Gasteiger partial charge in [-0.2, -0.15) is 0 Å². The lowest BCUT2D eigenvalue weighted by Crippen LogP contribution is -2.69. The highest BCUT2D eigenvalue weighted by Crippen LogP contribution is 2.39. The standard InChI is InChI=1S/C13H18N2O4S/c1-2-3-4-5-14-9-11(17)15-10(13(18)19)8(6-16)7-20-12(9)15/h6,9,12,14H,2-5,7H2,1H3,(H,18,19)/t9?,12-/m0/s1. The second-order valence-electron chi connectivity index (χ2n) is 4.85. The molecule has 0 aromatic heterocycles. The van der Waals surface area contributed by atoms with Gasteiger partial charge in [0.05, 0.1) is 0 Å². The van der Waals surface area contributed by atoms with Crippen LogP contribution in [-0.4, -0.2) is 51.9 Å². The number of hydrogen-bond donors (Lipinski definition) is 2. The highest BCUT2D eigenvalue weighted by molar-refractivity contribution is 8.00. The molecule has 20 heavy (non-hydrogen) atoms. The fourth-order valence-corrected chi connectivity index (χ4v) is 3.74. The van der Waals surface area contributed by atoms with Crippen LogP contribution in [0.15, 0.2) is 11.3 Å². The SMILES string of the molecule is CCCCCNC1C(=O)N2C(C(=O)O)=C(C=O)CS[C@@H]12. The van der Waals surface area contributed by atoms with Crippen molar-refractivity contribution in [1.29, 1.82) is 0 Å². The Balaban J connectivity index is 2.03. The summed E-state index contributed by atoms with van der Waals surface area (Å²) in [5.41, 5.74) is 0.0249. The van der Waals surface area contributed by atoms with Gasteiger partial charge in [-0.05, 0) is 13.0 Å². The first kappa shape index (κ1) is 15.1. The van der Waals surface area contributed by atoms with E-state index in [-0.39, 0.29) is 28.6 Å². The molecule has 0 aromatic rings. The topological polar surface area (TPSA) is 86.7 Å². The average molecular weight is 298 g/mol. The van der Waals surface area contributed by atoms with E-state index in [4.69, 9.17) is 0 Å². The zero-order valence-corrected chi connectivity index (χ0v) is 12.1. The molecule has 0 saturated carbocycles. The van der Waals surface area contributed by atoms with Gasteiger partial charge in [0.25, 0.3) is 0 Å². The first-order chi connectivity index (χ1) is 9.61. The minimum absolute atomic E-state index is 0.152. The zero-order valence-electron chi connectivity index (χ0n) is 11.3. The summed E-state index contributed by atoms with van der Waals surface area (Å²) in [4.78, 5) is 35.4. The molecule has 0 spiro atoms. The summed E-state index contributed by atoms with van der Waals surface area (Å²) in [5.74, 6) is -1.13. The van der Waals surface area contributed by atoms with Crippen LogP contribution in [0.5, 0.6) is 0 Å². The van der Waals surface area contributed by atoms with Crippen molar-refractivity contribution < 1.29 is 19.5 Å². The summed E-state index contributed by atoms with van der Waals surface area (Å²) in [7, 11) is 0. The van der Waals surface area contributed by atoms with Gasteiger partial charge in [-0.1, -0.05) is 19.8 Å². The van der Waals surface area contributed by atoms with Gasteiger partial charge in [-0.3, -0.25) is 14.5 Å². The molecule has 2 aliphatic rings. The van der Waals surface area contributed by atoms with E-state index >= 15 is 0 Å². The summed E-state index contributed by atoms with van der Waals surface area (Å²) in [6, 6.07) is -0.334. The number of carbonyl (C=O) groups excluding carboxylic acids is 2. The minimum Gasteiger partial charge on any atom is -0.477 e. The second-order valence-corrected chi connectivity index (χ2v) is 5.95. The second kappa shape index (κ2) is 6.41. The predicted octanol–water partition coefficient (Wildman–Crippen LogP) is 0.588. The molecule has 2 aliphatic heterocycles. The quantitative estimate of drug-likeness (QED) is 0.406. The van der Waals surface area contributed by atoms with E-state index in [0.29, 0.717) is 12.0 Å². The molecule has 2 atom stereocenters. The molecule has 1 saturated heterocycles. The number of unbranched alkanes of at least 4 members (excludes halogenated alkanes) is 2. The van der Waals surface area contributed by atoms with Crippen molar-refractivity contribution in [3.05, 3.63) is 11.3 Å². The number of hydrogen-bond acceptors (Lipinski definition) is 5. The molecule has 2 heterocycles. The molecular weight excluding hydrogens is 280 g/mol. The number of carboxylic acid groups (broad SMARTS) is 1. The summed E-state index contributed by atoms with van der Waals surface area (Å²) >= 11 is 1.43. The Morgan fingerprint density at radius 1 is 1.55 bits per heavy atom. The third kappa shape index (κ3) is 2.60. The van der Waals surface area contributed by atoms with Crippen molar-refractivity contribution >= 4 is 29.9 Å². The van der Waals surface area contributed by atoms with E-state index < -0.39 is 5.97 Å². The van der Waals surface area contributed by atoms with Gasteiger partial charge in [0.2, 0.25) is 5.91 Å². The van der Waals surface area contributed by atoms with Gasteiger partial charge in [-0.25, -0.2) is 4.79 Å². The van der Waals surface area contributed by atoms with Gasteiger partial charge in [0.1, 0.15) is 23.4 Å². The van der Waals surface area contributed by atoms with Gasteiger partial charge in [0.15, 0.2) is 0 Å². The first-order valence-corrected chi connectivity index (χ1v) is 7.76. The number of carbonyl (C=O) groups is 3. The first-order valence-electron chi connectivity index (χ1n) is 6.71. The van der Waals surface area contributed by atoms with E-state index in [1.165, 1.54) is 16.7 Å². The molecule has 7 heteroatoms. The average Bonchev–Trinajstić information content (AvgIpc) is 2.45. The van der Waals surface area contributed by atoms with Gasteiger partial charge >= 0.3 is 5.97 Å². The lowest BCUT2D eigenvalue weighted by Gasteiger charge is -2.49. The Kier molecular flexibility index (Phi) is 4.82. The molecule has 1 fully saturated rings. The molecule has 1 unspecified atom stereocenters. The minimum atomic E-state index is -1.21. The van der Waals surface area contributed by atoms with Crippen LogP contribution in [0.4, 0.5) is 0 Å². The van der Waals surface area contributed by atoms with Crippen LogP contribution in [0.3, 0.4) is 0 Å². The van der Waals surface area contributed by atoms with Crippen molar-refractivity contribution in [2.24, 2.45) is 0 Å². The number of thioether (sulfide) groups is 1. The van der Waals surface area contributed by atoms with Crippen LogP contribution in [0.25, 0.3) is 0 Å². The van der Waals surface area contributed by atoms with Crippen molar-refractivity contribution in [2.45, 2.75) is 37.6 Å². The Labute approximate surface area is 121 Å². The fourth-order valence-electron chi connectivity index (χ4n) is 2.42. The van der Waals surface area contributed by atoms with Crippen LogP contribution in [0.1, 0.15) is 26.2 Å². The smallest absolute Gasteiger partial charge is 0.353 e. The Morgan fingerprint density at radius 2 is 2.30 bits per heavy atom. The third-order valence-electron chi connectivity index (χ3n) is 3.49. The van der Waals surface area contributed by atoms with Crippen LogP contribution < -0.4 is 5.32 Å². The molecule has 2 rings (SSSR count). The number of nitrogens with one attached hydrogen (secondary N) is 1. The van der Waals surface area contributed by atoms with Crippen molar-refractivity contribution in [2.75, 3.05) is 12.3 Å². The summed E-state index contributed by atoms with van der Waals surface area (Å²) in [6.45, 7) is 2.86. The molecule has 0 aromatic carbocycles. The molecule has 1 amide bonds. The van der Waals surface area contributed by atoms with E-state index in [2.05, 4.69) is 12.2 Å². The van der Waals surface area contributed by atoms with Crippen molar-refractivity contribution in [3.63, 3.8) is 0 Å². The maximum Gasteiger partial charge on any atom is 0.353 e. The van der Waals surface area contributed by atoms with Crippen LogP contribution in [-0.2, 0) is 14.4 Å². The maximum atomic E-state index is 12.1. The van der Waals surface area contributed by atoms with Gasteiger partial charge < -0.3 is 10.4 Å².